The van der Waals surface area contributed by atoms with Crippen LogP contribution >= 0.6 is 0 Å². The zero-order chi connectivity index (χ0) is 16.0. The van der Waals surface area contributed by atoms with Crippen molar-refractivity contribution in [2.75, 3.05) is 13.7 Å². The van der Waals surface area contributed by atoms with E-state index in [4.69, 9.17) is 4.74 Å². The van der Waals surface area contributed by atoms with Crippen LogP contribution in [-0.2, 0) is 4.79 Å². The SMILES string of the molecule is COc1ccc(C(=O)CCC(=O)NCC2(O)CCCC2)cc1. The first kappa shape index (κ1) is 16.5. The van der Waals surface area contributed by atoms with E-state index >= 15 is 0 Å². The highest BCUT2D eigenvalue weighted by Gasteiger charge is 2.31. The van der Waals surface area contributed by atoms with Gasteiger partial charge in [0.25, 0.3) is 0 Å². The Morgan fingerprint density at radius 2 is 1.82 bits per heavy atom. The van der Waals surface area contributed by atoms with Crippen LogP contribution in [0.2, 0.25) is 0 Å². The zero-order valence-corrected chi connectivity index (χ0v) is 12.9. The topological polar surface area (TPSA) is 75.6 Å². The summed E-state index contributed by atoms with van der Waals surface area (Å²) in [7, 11) is 1.57. The molecule has 120 valence electrons. The summed E-state index contributed by atoms with van der Waals surface area (Å²) in [5.41, 5.74) is -0.182. The van der Waals surface area contributed by atoms with E-state index in [9.17, 15) is 14.7 Å². The molecule has 0 atom stereocenters. The number of carbonyl (C=O) groups is 2. The number of aliphatic hydroxyl groups is 1. The molecule has 0 aliphatic heterocycles. The molecule has 0 radical (unpaired) electrons. The molecule has 2 N–H and O–H groups in total. The van der Waals surface area contributed by atoms with Gasteiger partial charge in [-0.05, 0) is 37.1 Å². The molecule has 2 rings (SSSR count). The predicted octanol–water partition coefficient (Wildman–Crippen LogP) is 2.08. The summed E-state index contributed by atoms with van der Waals surface area (Å²) in [5, 5.41) is 12.9. The fourth-order valence-corrected chi connectivity index (χ4v) is 2.71. The third-order valence-corrected chi connectivity index (χ3v) is 4.14. The van der Waals surface area contributed by atoms with Crippen molar-refractivity contribution in [2.45, 2.75) is 44.1 Å². The van der Waals surface area contributed by atoms with E-state index in [1.807, 2.05) is 0 Å². The van der Waals surface area contributed by atoms with Crippen molar-refractivity contribution in [1.82, 2.24) is 5.32 Å². The van der Waals surface area contributed by atoms with Gasteiger partial charge in [0, 0.05) is 24.9 Å². The average Bonchev–Trinajstić information content (AvgIpc) is 2.98. The Kier molecular flexibility index (Phi) is 5.55. The summed E-state index contributed by atoms with van der Waals surface area (Å²) < 4.78 is 5.04. The van der Waals surface area contributed by atoms with E-state index in [0.717, 1.165) is 25.7 Å². The molecule has 0 unspecified atom stereocenters. The quantitative estimate of drug-likeness (QED) is 0.756. The van der Waals surface area contributed by atoms with E-state index in [1.165, 1.54) is 0 Å². The highest BCUT2D eigenvalue weighted by Crippen LogP contribution is 2.28. The third kappa shape index (κ3) is 4.56. The lowest BCUT2D eigenvalue weighted by atomic mass is 10.0. The number of rotatable bonds is 7. The Balaban J connectivity index is 1.74. The average molecular weight is 305 g/mol. The molecule has 5 nitrogen and oxygen atoms in total. The molecule has 0 aromatic heterocycles. The molecule has 1 aliphatic carbocycles. The normalized spacial score (nSPS) is 16.3. The van der Waals surface area contributed by atoms with Crippen LogP contribution in [0.3, 0.4) is 0 Å². The Bertz CT molecular complexity index is 518. The van der Waals surface area contributed by atoms with E-state index < -0.39 is 5.60 Å². The highest BCUT2D eigenvalue weighted by atomic mass is 16.5. The molecule has 1 saturated carbocycles. The first-order valence-corrected chi connectivity index (χ1v) is 7.69. The van der Waals surface area contributed by atoms with Gasteiger partial charge < -0.3 is 15.2 Å². The largest absolute Gasteiger partial charge is 0.497 e. The Morgan fingerprint density at radius 3 is 2.41 bits per heavy atom. The van der Waals surface area contributed by atoms with Crippen LogP contribution in [0, 0.1) is 0 Å². The van der Waals surface area contributed by atoms with Crippen molar-refractivity contribution in [2.24, 2.45) is 0 Å². The van der Waals surface area contributed by atoms with Crippen LogP contribution in [0.1, 0.15) is 48.9 Å². The number of nitrogens with one attached hydrogen (secondary N) is 1. The highest BCUT2D eigenvalue weighted by molar-refractivity contribution is 5.98. The summed E-state index contributed by atoms with van der Waals surface area (Å²) in [6.45, 7) is 0.280. The van der Waals surface area contributed by atoms with Crippen LogP contribution < -0.4 is 10.1 Å². The molecule has 0 heterocycles. The minimum atomic E-state index is -0.754. The number of ether oxygens (including phenoxy) is 1. The van der Waals surface area contributed by atoms with Gasteiger partial charge in [-0.1, -0.05) is 12.8 Å². The van der Waals surface area contributed by atoms with Crippen LogP contribution in [-0.4, -0.2) is 36.1 Å². The molecule has 0 saturated heterocycles. The van der Waals surface area contributed by atoms with Gasteiger partial charge in [0.05, 0.1) is 12.7 Å². The van der Waals surface area contributed by atoms with E-state index in [0.29, 0.717) is 11.3 Å². The number of methoxy groups -OCH3 is 1. The molecule has 1 aliphatic rings. The van der Waals surface area contributed by atoms with Crippen molar-refractivity contribution >= 4 is 11.7 Å². The molecular formula is C17H23NO4. The van der Waals surface area contributed by atoms with Gasteiger partial charge >= 0.3 is 0 Å². The van der Waals surface area contributed by atoms with Crippen molar-refractivity contribution in [3.05, 3.63) is 29.8 Å². The first-order valence-electron chi connectivity index (χ1n) is 7.69. The zero-order valence-electron chi connectivity index (χ0n) is 12.9. The van der Waals surface area contributed by atoms with E-state index in [2.05, 4.69) is 5.32 Å². The minimum absolute atomic E-state index is 0.0719. The third-order valence-electron chi connectivity index (χ3n) is 4.14. The first-order chi connectivity index (χ1) is 10.5. The molecule has 1 fully saturated rings. The van der Waals surface area contributed by atoms with E-state index in [1.54, 1.807) is 31.4 Å². The van der Waals surface area contributed by atoms with Gasteiger partial charge in [0.1, 0.15) is 5.75 Å². The number of carbonyl (C=O) groups excluding carboxylic acids is 2. The Hall–Kier alpha value is -1.88. The molecule has 0 spiro atoms. The van der Waals surface area contributed by atoms with Gasteiger partial charge in [-0.3, -0.25) is 9.59 Å². The second kappa shape index (κ2) is 7.40. The molecule has 5 heteroatoms. The number of hydrogen-bond donors (Lipinski definition) is 2. The number of benzene rings is 1. The summed E-state index contributed by atoms with van der Waals surface area (Å²) in [6, 6.07) is 6.84. The van der Waals surface area contributed by atoms with Gasteiger partial charge in [0.2, 0.25) is 5.91 Å². The fraction of sp³-hybridized carbons (Fsp3) is 0.529. The second-order valence-corrected chi connectivity index (χ2v) is 5.86. The van der Waals surface area contributed by atoms with Crippen LogP contribution in [0.4, 0.5) is 0 Å². The minimum Gasteiger partial charge on any atom is -0.497 e. The number of ketones is 1. The Labute approximate surface area is 130 Å². The van der Waals surface area contributed by atoms with Crippen molar-refractivity contribution in [3.8, 4) is 5.75 Å². The number of hydrogen-bond acceptors (Lipinski definition) is 4. The van der Waals surface area contributed by atoms with E-state index in [-0.39, 0.29) is 31.1 Å². The lowest BCUT2D eigenvalue weighted by Gasteiger charge is -2.22. The van der Waals surface area contributed by atoms with Crippen molar-refractivity contribution < 1.29 is 19.4 Å². The maximum atomic E-state index is 12.0. The summed E-state index contributed by atoms with van der Waals surface area (Å²) in [5.74, 6) is 0.429. The smallest absolute Gasteiger partial charge is 0.220 e. The van der Waals surface area contributed by atoms with Crippen molar-refractivity contribution in [3.63, 3.8) is 0 Å². The summed E-state index contributed by atoms with van der Waals surface area (Å²) >= 11 is 0. The Morgan fingerprint density at radius 1 is 1.18 bits per heavy atom. The second-order valence-electron chi connectivity index (χ2n) is 5.86. The van der Waals surface area contributed by atoms with Crippen LogP contribution in [0.25, 0.3) is 0 Å². The van der Waals surface area contributed by atoms with Crippen LogP contribution in [0.15, 0.2) is 24.3 Å². The van der Waals surface area contributed by atoms with Crippen LogP contribution in [0.5, 0.6) is 5.75 Å². The van der Waals surface area contributed by atoms with Gasteiger partial charge in [-0.15, -0.1) is 0 Å². The fourth-order valence-electron chi connectivity index (χ4n) is 2.71. The maximum absolute atomic E-state index is 12.0. The predicted molar refractivity (Wildman–Crippen MR) is 83.0 cm³/mol. The standard InChI is InChI=1S/C17H23NO4/c1-22-14-6-4-13(5-7-14)15(19)8-9-16(20)18-12-17(21)10-2-3-11-17/h4-7,21H,2-3,8-12H2,1H3,(H,18,20). The molecular weight excluding hydrogens is 282 g/mol. The lowest BCUT2D eigenvalue weighted by molar-refractivity contribution is -0.122. The summed E-state index contributed by atoms with van der Waals surface area (Å²) in [6.07, 6.45) is 3.78. The number of Topliss-reactive ketones (excluding diaryl/α,β-unsaturated/α-hetero) is 1. The lowest BCUT2D eigenvalue weighted by Crippen LogP contribution is -2.40. The molecule has 1 aromatic carbocycles. The molecule has 0 bridgehead atoms. The monoisotopic (exact) mass is 305 g/mol. The summed E-state index contributed by atoms with van der Waals surface area (Å²) in [4.78, 5) is 23.8. The molecule has 22 heavy (non-hydrogen) atoms. The number of amides is 1. The van der Waals surface area contributed by atoms with Gasteiger partial charge in [0.15, 0.2) is 5.78 Å². The van der Waals surface area contributed by atoms with Gasteiger partial charge in [-0.25, -0.2) is 0 Å². The molecule has 1 amide bonds. The van der Waals surface area contributed by atoms with Gasteiger partial charge in [-0.2, -0.15) is 0 Å². The molecule has 1 aromatic rings. The van der Waals surface area contributed by atoms with Crippen molar-refractivity contribution in [1.29, 1.82) is 0 Å². The maximum Gasteiger partial charge on any atom is 0.220 e.